The van der Waals surface area contributed by atoms with Crippen LogP contribution < -0.4 is 4.74 Å². The topological polar surface area (TPSA) is 86.8 Å². The van der Waals surface area contributed by atoms with Crippen molar-refractivity contribution in [1.82, 2.24) is 20.2 Å². The summed E-state index contributed by atoms with van der Waals surface area (Å²) in [6.45, 7) is 0. The first-order valence-corrected chi connectivity index (χ1v) is 8.54. The molecule has 0 amide bonds. The second-order valence-electron chi connectivity index (χ2n) is 6.29. The number of imidazole rings is 1. The lowest BCUT2D eigenvalue weighted by molar-refractivity contribution is 0.375. The molecule has 3 aromatic carbocycles. The molecule has 5 rings (SSSR count). The van der Waals surface area contributed by atoms with Gasteiger partial charge in [0.25, 0.3) is 0 Å². The molecule has 6 nitrogen and oxygen atoms in total. The van der Waals surface area contributed by atoms with E-state index in [0.29, 0.717) is 11.6 Å². The Morgan fingerprint density at radius 1 is 0.963 bits per heavy atom. The number of phenolic OH excluding ortho intramolecular Hbond substituents is 1. The Morgan fingerprint density at radius 2 is 1.85 bits per heavy atom. The molecule has 0 aliphatic rings. The van der Waals surface area contributed by atoms with Gasteiger partial charge < -0.3 is 14.8 Å². The van der Waals surface area contributed by atoms with Crippen LogP contribution in [0.3, 0.4) is 0 Å². The Morgan fingerprint density at radius 3 is 2.70 bits per heavy atom. The number of methoxy groups -OCH3 is 1. The molecule has 2 aromatic heterocycles. The van der Waals surface area contributed by atoms with Gasteiger partial charge in [0.1, 0.15) is 5.69 Å². The van der Waals surface area contributed by atoms with Crippen molar-refractivity contribution in [3.8, 4) is 34.1 Å². The number of aromatic amines is 2. The smallest absolute Gasteiger partial charge is 0.168 e. The van der Waals surface area contributed by atoms with Crippen molar-refractivity contribution in [3.05, 3.63) is 60.7 Å². The lowest BCUT2D eigenvalue weighted by atomic mass is 10.0. The monoisotopic (exact) mass is 356 g/mol. The van der Waals surface area contributed by atoms with Gasteiger partial charge >= 0.3 is 0 Å². The zero-order valence-corrected chi connectivity index (χ0v) is 14.5. The minimum Gasteiger partial charge on any atom is -0.504 e. The number of nitrogens with zero attached hydrogens (tertiary/aromatic N) is 2. The summed E-state index contributed by atoms with van der Waals surface area (Å²) < 4.78 is 5.39. The van der Waals surface area contributed by atoms with Crippen LogP contribution in [0.1, 0.15) is 0 Å². The minimum absolute atomic E-state index is 0.111. The van der Waals surface area contributed by atoms with Gasteiger partial charge in [-0.2, -0.15) is 5.10 Å². The van der Waals surface area contributed by atoms with Gasteiger partial charge in [-0.1, -0.05) is 30.3 Å². The number of para-hydroxylation sites is 3. The molecule has 0 radical (unpaired) electrons. The number of ether oxygens (including phenoxy) is 1. The number of rotatable bonds is 3. The molecule has 0 saturated heterocycles. The quantitative estimate of drug-likeness (QED) is 0.445. The summed E-state index contributed by atoms with van der Waals surface area (Å²) in [5, 5.41) is 18.5. The van der Waals surface area contributed by atoms with Crippen LogP contribution in [0, 0.1) is 0 Å². The fourth-order valence-corrected chi connectivity index (χ4v) is 3.39. The van der Waals surface area contributed by atoms with Crippen molar-refractivity contribution in [2.24, 2.45) is 0 Å². The molecule has 0 fully saturated rings. The van der Waals surface area contributed by atoms with E-state index in [1.165, 1.54) is 0 Å². The SMILES string of the molecule is COc1c(O)cccc1-c1ccc2[nH]nc(-c3nc4ccccc4[nH]3)c2c1. The number of benzene rings is 3. The fraction of sp³-hybridized carbons (Fsp3) is 0.0476. The molecule has 0 aliphatic heterocycles. The molecule has 0 unspecified atom stereocenters. The highest BCUT2D eigenvalue weighted by Crippen LogP contribution is 2.38. The van der Waals surface area contributed by atoms with Crippen LogP contribution in [-0.4, -0.2) is 32.4 Å². The Kier molecular flexibility index (Phi) is 3.36. The van der Waals surface area contributed by atoms with Gasteiger partial charge in [-0.3, -0.25) is 5.10 Å². The van der Waals surface area contributed by atoms with Crippen LogP contribution in [0.5, 0.6) is 11.5 Å². The van der Waals surface area contributed by atoms with E-state index in [9.17, 15) is 5.11 Å². The Hall–Kier alpha value is -3.80. The van der Waals surface area contributed by atoms with Gasteiger partial charge in [0, 0.05) is 10.9 Å². The average Bonchev–Trinajstić information content (AvgIpc) is 3.30. The number of aromatic hydroxyl groups is 1. The third kappa shape index (κ3) is 2.42. The summed E-state index contributed by atoms with van der Waals surface area (Å²) in [6, 6.07) is 19.2. The van der Waals surface area contributed by atoms with Gasteiger partial charge in [-0.25, -0.2) is 4.98 Å². The number of fused-ring (bicyclic) bond motifs is 2. The number of phenols is 1. The number of hydrogen-bond donors (Lipinski definition) is 3. The standard InChI is InChI=1S/C21H16N4O2/c1-27-20-13(5-4-8-18(20)26)12-9-10-15-14(11-12)19(25-24-15)21-22-16-6-2-3-7-17(16)23-21/h2-11,26H,1H3,(H,22,23)(H,24,25). The predicted molar refractivity (Wildman–Crippen MR) is 105 cm³/mol. The molecule has 0 saturated carbocycles. The van der Waals surface area contributed by atoms with E-state index in [1.54, 1.807) is 19.2 Å². The van der Waals surface area contributed by atoms with E-state index in [2.05, 4.69) is 20.2 Å². The molecule has 0 spiro atoms. The van der Waals surface area contributed by atoms with E-state index in [4.69, 9.17) is 4.74 Å². The number of aromatic nitrogens is 4. The largest absolute Gasteiger partial charge is 0.504 e. The molecule has 0 bridgehead atoms. The maximum absolute atomic E-state index is 10.1. The van der Waals surface area contributed by atoms with E-state index in [-0.39, 0.29) is 5.75 Å². The van der Waals surface area contributed by atoms with Crippen LogP contribution in [-0.2, 0) is 0 Å². The van der Waals surface area contributed by atoms with Crippen molar-refractivity contribution in [2.45, 2.75) is 0 Å². The van der Waals surface area contributed by atoms with E-state index in [1.807, 2.05) is 48.5 Å². The summed E-state index contributed by atoms with van der Waals surface area (Å²) >= 11 is 0. The number of hydrogen-bond acceptors (Lipinski definition) is 4. The Labute approximate surface area is 154 Å². The molecule has 3 N–H and O–H groups in total. The van der Waals surface area contributed by atoms with Crippen molar-refractivity contribution >= 4 is 21.9 Å². The maximum Gasteiger partial charge on any atom is 0.168 e. The van der Waals surface area contributed by atoms with Crippen LogP contribution in [0.4, 0.5) is 0 Å². The third-order valence-corrected chi connectivity index (χ3v) is 4.69. The molecule has 5 aromatic rings. The van der Waals surface area contributed by atoms with Crippen LogP contribution >= 0.6 is 0 Å². The lowest BCUT2D eigenvalue weighted by Gasteiger charge is -2.10. The number of nitrogens with one attached hydrogen (secondary N) is 2. The first-order valence-electron chi connectivity index (χ1n) is 8.54. The molecule has 0 aliphatic carbocycles. The molecule has 132 valence electrons. The Balaban J connectivity index is 1.70. The molecule has 6 heteroatoms. The van der Waals surface area contributed by atoms with Crippen molar-refractivity contribution in [1.29, 1.82) is 0 Å². The van der Waals surface area contributed by atoms with Gasteiger partial charge in [-0.15, -0.1) is 0 Å². The second-order valence-corrected chi connectivity index (χ2v) is 6.29. The minimum atomic E-state index is 0.111. The fourth-order valence-electron chi connectivity index (χ4n) is 3.39. The van der Waals surface area contributed by atoms with Gasteiger partial charge in [0.15, 0.2) is 17.3 Å². The van der Waals surface area contributed by atoms with Crippen molar-refractivity contribution < 1.29 is 9.84 Å². The van der Waals surface area contributed by atoms with Crippen LogP contribution in [0.25, 0.3) is 44.6 Å². The summed E-state index contributed by atoms with van der Waals surface area (Å²) in [6.07, 6.45) is 0. The highest BCUT2D eigenvalue weighted by Gasteiger charge is 2.15. The first kappa shape index (κ1) is 15.5. The average molecular weight is 356 g/mol. The molecular weight excluding hydrogens is 340 g/mol. The summed E-state index contributed by atoms with van der Waals surface area (Å²) in [5.41, 5.74) is 5.27. The molecule has 0 atom stereocenters. The third-order valence-electron chi connectivity index (χ3n) is 4.69. The summed E-state index contributed by atoms with van der Waals surface area (Å²) in [7, 11) is 1.55. The molecule has 2 heterocycles. The highest BCUT2D eigenvalue weighted by molar-refractivity contribution is 5.96. The zero-order chi connectivity index (χ0) is 18.4. The molecular formula is C21H16N4O2. The van der Waals surface area contributed by atoms with Crippen molar-refractivity contribution in [3.63, 3.8) is 0 Å². The van der Waals surface area contributed by atoms with E-state index in [0.717, 1.165) is 38.8 Å². The van der Waals surface area contributed by atoms with Crippen LogP contribution in [0.2, 0.25) is 0 Å². The lowest BCUT2D eigenvalue weighted by Crippen LogP contribution is -1.88. The molecule has 27 heavy (non-hydrogen) atoms. The summed E-state index contributed by atoms with van der Waals surface area (Å²) in [4.78, 5) is 7.98. The van der Waals surface area contributed by atoms with E-state index < -0.39 is 0 Å². The normalized spacial score (nSPS) is 11.3. The van der Waals surface area contributed by atoms with Gasteiger partial charge in [-0.05, 0) is 35.9 Å². The zero-order valence-electron chi connectivity index (χ0n) is 14.5. The summed E-state index contributed by atoms with van der Waals surface area (Å²) in [5.74, 6) is 1.27. The number of H-pyrrole nitrogens is 2. The predicted octanol–water partition coefficient (Wildman–Crippen LogP) is 4.49. The van der Waals surface area contributed by atoms with Crippen molar-refractivity contribution in [2.75, 3.05) is 7.11 Å². The van der Waals surface area contributed by atoms with Gasteiger partial charge in [0.2, 0.25) is 0 Å². The first-order chi connectivity index (χ1) is 13.2. The Bertz CT molecular complexity index is 1250. The highest BCUT2D eigenvalue weighted by atomic mass is 16.5. The second kappa shape index (κ2) is 5.88. The van der Waals surface area contributed by atoms with Crippen LogP contribution in [0.15, 0.2) is 60.7 Å². The van der Waals surface area contributed by atoms with E-state index >= 15 is 0 Å². The van der Waals surface area contributed by atoms with Gasteiger partial charge in [0.05, 0.1) is 23.7 Å². The maximum atomic E-state index is 10.1.